The van der Waals surface area contributed by atoms with Crippen LogP contribution in [0.2, 0.25) is 0 Å². The Kier molecular flexibility index (Phi) is 6.04. The highest BCUT2D eigenvalue weighted by Gasteiger charge is 2.09. The first-order chi connectivity index (χ1) is 10.2. The van der Waals surface area contributed by atoms with Crippen molar-refractivity contribution in [1.82, 2.24) is 9.97 Å². The molecule has 2 aromatic heterocycles. The molecule has 0 aromatic carbocycles. The summed E-state index contributed by atoms with van der Waals surface area (Å²) in [4.78, 5) is 8.74. The van der Waals surface area contributed by atoms with Gasteiger partial charge in [0.05, 0.1) is 10.7 Å². The fourth-order valence-corrected chi connectivity index (χ4v) is 2.21. The highest BCUT2D eigenvalue weighted by molar-refractivity contribution is 9.10. The lowest BCUT2D eigenvalue weighted by Crippen LogP contribution is -2.18. The van der Waals surface area contributed by atoms with Crippen molar-refractivity contribution in [3.05, 3.63) is 34.8 Å². The molecule has 2 rings (SSSR count). The molecule has 114 valence electrons. The maximum absolute atomic E-state index is 5.35. The van der Waals surface area contributed by atoms with Gasteiger partial charge >= 0.3 is 0 Å². The van der Waals surface area contributed by atoms with Crippen molar-refractivity contribution in [2.24, 2.45) is 0 Å². The summed E-state index contributed by atoms with van der Waals surface area (Å²) in [6.07, 6.45) is 6.40. The molecule has 0 spiro atoms. The molecule has 2 N–H and O–H groups in total. The summed E-state index contributed by atoms with van der Waals surface area (Å²) in [5.74, 6) is 2.48. The molecule has 2 aromatic rings. The van der Waals surface area contributed by atoms with Crippen LogP contribution < -0.4 is 10.6 Å². The maximum Gasteiger partial charge on any atom is 0.224 e. The monoisotopic (exact) mass is 352 g/mol. The summed E-state index contributed by atoms with van der Waals surface area (Å²) in [5.41, 5.74) is 0. The fraction of sp³-hybridized carbons (Fsp3) is 0.467. The predicted octanol–water partition coefficient (Wildman–Crippen LogP) is 4.09. The van der Waals surface area contributed by atoms with Crippen molar-refractivity contribution in [3.8, 4) is 0 Å². The molecule has 0 saturated heterocycles. The van der Waals surface area contributed by atoms with E-state index < -0.39 is 0 Å². The van der Waals surface area contributed by atoms with E-state index in [0.29, 0.717) is 12.0 Å². The molecular weight excluding hydrogens is 332 g/mol. The second kappa shape index (κ2) is 8.02. The van der Waals surface area contributed by atoms with Crippen LogP contribution in [-0.4, -0.2) is 22.6 Å². The van der Waals surface area contributed by atoms with Crippen molar-refractivity contribution in [3.63, 3.8) is 0 Å². The number of nitrogens with one attached hydrogen (secondary N) is 2. The molecule has 21 heavy (non-hydrogen) atoms. The Hall–Kier alpha value is -1.56. The van der Waals surface area contributed by atoms with Crippen LogP contribution in [0.25, 0.3) is 0 Å². The first kappa shape index (κ1) is 15.8. The zero-order valence-corrected chi connectivity index (χ0v) is 14.0. The van der Waals surface area contributed by atoms with E-state index in [0.717, 1.165) is 41.9 Å². The van der Waals surface area contributed by atoms with Crippen LogP contribution in [0.3, 0.4) is 0 Å². The summed E-state index contributed by atoms with van der Waals surface area (Å²) in [6, 6.07) is 4.21. The minimum atomic E-state index is 0.292. The van der Waals surface area contributed by atoms with Gasteiger partial charge < -0.3 is 15.1 Å². The van der Waals surface area contributed by atoms with Crippen LogP contribution >= 0.6 is 15.9 Å². The van der Waals surface area contributed by atoms with Crippen LogP contribution in [0.15, 0.2) is 33.5 Å². The number of aryl methyl sites for hydroxylation is 1. The minimum Gasteiger partial charge on any atom is -0.469 e. The lowest BCUT2D eigenvalue weighted by Gasteiger charge is -2.15. The summed E-state index contributed by atoms with van der Waals surface area (Å²) in [5, 5.41) is 6.60. The number of furan rings is 1. The molecule has 0 radical (unpaired) electrons. The molecule has 2 heterocycles. The summed E-state index contributed by atoms with van der Waals surface area (Å²) < 4.78 is 6.22. The largest absolute Gasteiger partial charge is 0.469 e. The van der Waals surface area contributed by atoms with Gasteiger partial charge in [0.1, 0.15) is 11.6 Å². The zero-order chi connectivity index (χ0) is 15.1. The van der Waals surface area contributed by atoms with Gasteiger partial charge in [0.2, 0.25) is 5.95 Å². The Morgan fingerprint density at radius 3 is 3.00 bits per heavy atom. The van der Waals surface area contributed by atoms with Gasteiger partial charge in [-0.2, -0.15) is 4.98 Å². The van der Waals surface area contributed by atoms with Crippen molar-refractivity contribution in [2.45, 2.75) is 39.2 Å². The van der Waals surface area contributed by atoms with E-state index in [9.17, 15) is 0 Å². The smallest absolute Gasteiger partial charge is 0.224 e. The lowest BCUT2D eigenvalue weighted by atomic mass is 10.1. The van der Waals surface area contributed by atoms with Gasteiger partial charge in [-0.3, -0.25) is 0 Å². The molecule has 0 amide bonds. The van der Waals surface area contributed by atoms with Crippen molar-refractivity contribution in [1.29, 1.82) is 0 Å². The first-order valence-corrected chi connectivity index (χ1v) is 8.03. The average Bonchev–Trinajstić information content (AvgIpc) is 2.99. The van der Waals surface area contributed by atoms with Gasteiger partial charge in [-0.25, -0.2) is 4.98 Å². The Morgan fingerprint density at radius 1 is 1.43 bits per heavy atom. The SMILES string of the molecule is CCCNc1ncc(Br)c(NC(C)CCc2ccco2)n1. The van der Waals surface area contributed by atoms with Gasteiger partial charge in [-0.1, -0.05) is 6.92 Å². The molecule has 0 aliphatic heterocycles. The van der Waals surface area contributed by atoms with Crippen LogP contribution in [0.1, 0.15) is 32.4 Å². The van der Waals surface area contributed by atoms with Crippen molar-refractivity contribution < 1.29 is 4.42 Å². The van der Waals surface area contributed by atoms with Gasteiger partial charge in [-0.15, -0.1) is 0 Å². The van der Waals surface area contributed by atoms with E-state index >= 15 is 0 Å². The molecule has 0 fully saturated rings. The molecule has 1 atom stereocenters. The van der Waals surface area contributed by atoms with Crippen molar-refractivity contribution >= 4 is 27.7 Å². The van der Waals surface area contributed by atoms with E-state index in [1.807, 2.05) is 12.1 Å². The number of hydrogen-bond acceptors (Lipinski definition) is 5. The van der Waals surface area contributed by atoms with Crippen molar-refractivity contribution in [2.75, 3.05) is 17.2 Å². The molecule has 6 heteroatoms. The standard InChI is InChI=1S/C15H21BrN4O/c1-3-8-17-15-18-10-13(16)14(20-15)19-11(2)6-7-12-5-4-9-21-12/h4-5,9-11H,3,6-8H2,1-2H3,(H2,17,18,19,20). The van der Waals surface area contributed by atoms with Crippen LogP contribution in [-0.2, 0) is 6.42 Å². The predicted molar refractivity (Wildman–Crippen MR) is 88.6 cm³/mol. The first-order valence-electron chi connectivity index (χ1n) is 7.24. The van der Waals surface area contributed by atoms with E-state index in [2.05, 4.69) is 50.4 Å². The Balaban J connectivity index is 1.91. The number of aromatic nitrogens is 2. The number of hydrogen-bond donors (Lipinski definition) is 2. The molecule has 5 nitrogen and oxygen atoms in total. The van der Waals surface area contributed by atoms with E-state index in [1.54, 1.807) is 12.5 Å². The minimum absolute atomic E-state index is 0.292. The Bertz CT molecular complexity index is 545. The fourth-order valence-electron chi connectivity index (χ4n) is 1.91. The Labute approximate surface area is 133 Å². The van der Waals surface area contributed by atoms with Crippen LogP contribution in [0.4, 0.5) is 11.8 Å². The van der Waals surface area contributed by atoms with E-state index in [-0.39, 0.29) is 0 Å². The quantitative estimate of drug-likeness (QED) is 0.749. The second-order valence-corrected chi connectivity index (χ2v) is 5.83. The number of halogens is 1. The third kappa shape index (κ3) is 5.04. The van der Waals surface area contributed by atoms with E-state index in [4.69, 9.17) is 4.42 Å². The summed E-state index contributed by atoms with van der Waals surface area (Å²) in [6.45, 7) is 5.12. The van der Waals surface area contributed by atoms with Gasteiger partial charge in [0, 0.05) is 25.2 Å². The van der Waals surface area contributed by atoms with Crippen LogP contribution in [0, 0.1) is 0 Å². The highest BCUT2D eigenvalue weighted by atomic mass is 79.9. The van der Waals surface area contributed by atoms with Gasteiger partial charge in [0.15, 0.2) is 0 Å². The normalized spacial score (nSPS) is 12.1. The molecule has 0 aliphatic carbocycles. The number of rotatable bonds is 8. The van der Waals surface area contributed by atoms with E-state index in [1.165, 1.54) is 0 Å². The van der Waals surface area contributed by atoms with Crippen LogP contribution in [0.5, 0.6) is 0 Å². The van der Waals surface area contributed by atoms with Gasteiger partial charge in [-0.05, 0) is 47.8 Å². The summed E-state index contributed by atoms with van der Waals surface area (Å²) in [7, 11) is 0. The van der Waals surface area contributed by atoms with Gasteiger partial charge in [0.25, 0.3) is 0 Å². The topological polar surface area (TPSA) is 63.0 Å². The third-order valence-electron chi connectivity index (χ3n) is 3.06. The molecule has 0 saturated carbocycles. The molecule has 0 aliphatic rings. The third-order valence-corrected chi connectivity index (χ3v) is 3.64. The number of anilines is 2. The lowest BCUT2D eigenvalue weighted by molar-refractivity contribution is 0.495. The molecule has 1 unspecified atom stereocenters. The highest BCUT2D eigenvalue weighted by Crippen LogP contribution is 2.21. The zero-order valence-electron chi connectivity index (χ0n) is 12.4. The summed E-state index contributed by atoms with van der Waals surface area (Å²) >= 11 is 3.48. The molecule has 0 bridgehead atoms. The average molecular weight is 353 g/mol. The molecular formula is C15H21BrN4O. The number of nitrogens with zero attached hydrogens (tertiary/aromatic N) is 2. The Morgan fingerprint density at radius 2 is 2.29 bits per heavy atom. The maximum atomic E-state index is 5.35. The second-order valence-electron chi connectivity index (χ2n) is 4.98.